The molecule has 4 rings (SSSR count). The lowest BCUT2D eigenvalue weighted by molar-refractivity contribution is -0.135. The van der Waals surface area contributed by atoms with Crippen LogP contribution in [0.15, 0.2) is 35.1 Å². The number of amides is 1. The third-order valence-corrected chi connectivity index (χ3v) is 5.71. The number of aromatic nitrogens is 3. The monoisotopic (exact) mass is 402 g/mol. The van der Waals surface area contributed by atoms with E-state index in [1.807, 2.05) is 24.1 Å². The standard InChI is InChI=1S/C20H23ClN4O3/c1-14-10-15-4-7-22-12-17(15)25(14)13-20(27)5-8-24(9-6-20)19(26)3-2-16-11-18(21)23-28-16/h4,7,10-12,27H,2-3,5-6,8-9,13H2,1H3. The van der Waals surface area contributed by atoms with Gasteiger partial charge in [-0.2, -0.15) is 0 Å². The topological polar surface area (TPSA) is 84.4 Å². The summed E-state index contributed by atoms with van der Waals surface area (Å²) in [5.74, 6) is 0.664. The number of aliphatic hydroxyl groups is 1. The van der Waals surface area contributed by atoms with Crippen LogP contribution in [0.1, 0.15) is 30.7 Å². The summed E-state index contributed by atoms with van der Waals surface area (Å²) in [7, 11) is 0. The number of hydrogen-bond acceptors (Lipinski definition) is 5. The van der Waals surface area contributed by atoms with Crippen molar-refractivity contribution in [1.82, 2.24) is 19.6 Å². The Bertz CT molecular complexity index is 988. The summed E-state index contributed by atoms with van der Waals surface area (Å²) in [5.41, 5.74) is 1.29. The molecular formula is C20H23ClN4O3. The lowest BCUT2D eigenvalue weighted by Gasteiger charge is -2.38. The number of likely N-dealkylation sites (tertiary alicyclic amines) is 1. The molecule has 28 heavy (non-hydrogen) atoms. The Balaban J connectivity index is 1.36. The largest absolute Gasteiger partial charge is 0.388 e. The Kier molecular flexibility index (Phi) is 5.12. The summed E-state index contributed by atoms with van der Waals surface area (Å²) in [6.45, 7) is 3.64. The van der Waals surface area contributed by atoms with Gasteiger partial charge in [0.2, 0.25) is 5.91 Å². The van der Waals surface area contributed by atoms with Crippen molar-refractivity contribution in [3.63, 3.8) is 0 Å². The molecule has 3 aromatic heterocycles. The average Bonchev–Trinajstić information content (AvgIpc) is 3.23. The number of carbonyl (C=O) groups is 1. The average molecular weight is 403 g/mol. The third kappa shape index (κ3) is 3.91. The minimum Gasteiger partial charge on any atom is -0.388 e. The Morgan fingerprint density at radius 1 is 1.36 bits per heavy atom. The molecule has 1 fully saturated rings. The Morgan fingerprint density at radius 3 is 2.86 bits per heavy atom. The first kappa shape index (κ1) is 19.0. The van der Waals surface area contributed by atoms with Crippen molar-refractivity contribution < 1.29 is 14.4 Å². The predicted octanol–water partition coefficient (Wildman–Crippen LogP) is 2.97. The van der Waals surface area contributed by atoms with Gasteiger partial charge in [0.05, 0.1) is 23.9 Å². The smallest absolute Gasteiger partial charge is 0.223 e. The third-order valence-electron chi connectivity index (χ3n) is 5.53. The van der Waals surface area contributed by atoms with Crippen molar-refractivity contribution >= 4 is 28.4 Å². The molecule has 0 radical (unpaired) electrons. The van der Waals surface area contributed by atoms with Gasteiger partial charge in [0, 0.05) is 49.3 Å². The maximum atomic E-state index is 12.5. The van der Waals surface area contributed by atoms with Crippen molar-refractivity contribution in [3.05, 3.63) is 47.2 Å². The van der Waals surface area contributed by atoms with E-state index in [2.05, 4.69) is 20.8 Å². The maximum absolute atomic E-state index is 12.5. The number of hydrogen-bond donors (Lipinski definition) is 1. The highest BCUT2D eigenvalue weighted by Gasteiger charge is 2.34. The fourth-order valence-corrected chi connectivity index (χ4v) is 4.02. The van der Waals surface area contributed by atoms with Gasteiger partial charge in [-0.3, -0.25) is 9.78 Å². The minimum absolute atomic E-state index is 0.0568. The molecule has 3 aromatic rings. The van der Waals surface area contributed by atoms with E-state index in [-0.39, 0.29) is 5.91 Å². The molecule has 0 unspecified atom stereocenters. The highest BCUT2D eigenvalue weighted by atomic mass is 35.5. The second-order valence-electron chi connectivity index (χ2n) is 7.53. The van der Waals surface area contributed by atoms with Crippen LogP contribution in [0.5, 0.6) is 0 Å². The molecule has 0 atom stereocenters. The number of halogens is 1. The molecule has 1 amide bonds. The summed E-state index contributed by atoms with van der Waals surface area (Å²) in [6, 6.07) is 5.71. The number of aryl methyl sites for hydroxylation is 2. The molecule has 1 aliphatic heterocycles. The maximum Gasteiger partial charge on any atom is 0.223 e. The first-order valence-electron chi connectivity index (χ1n) is 9.45. The highest BCUT2D eigenvalue weighted by Crippen LogP contribution is 2.28. The van der Waals surface area contributed by atoms with Gasteiger partial charge in [0.25, 0.3) is 0 Å². The number of pyridine rings is 1. The van der Waals surface area contributed by atoms with E-state index in [0.29, 0.717) is 56.2 Å². The van der Waals surface area contributed by atoms with Crippen LogP contribution >= 0.6 is 11.6 Å². The minimum atomic E-state index is -0.832. The quantitative estimate of drug-likeness (QED) is 0.709. The van der Waals surface area contributed by atoms with Crippen LogP contribution in [-0.4, -0.2) is 49.3 Å². The van der Waals surface area contributed by atoms with Gasteiger partial charge in [-0.25, -0.2) is 0 Å². The first-order chi connectivity index (χ1) is 13.4. The van der Waals surface area contributed by atoms with E-state index in [0.717, 1.165) is 16.6 Å². The fraction of sp³-hybridized carbons (Fsp3) is 0.450. The van der Waals surface area contributed by atoms with Crippen LogP contribution in [0.3, 0.4) is 0 Å². The zero-order chi connectivity index (χ0) is 19.7. The number of fused-ring (bicyclic) bond motifs is 1. The summed E-state index contributed by atoms with van der Waals surface area (Å²) >= 11 is 5.73. The molecule has 1 N–H and O–H groups in total. The van der Waals surface area contributed by atoms with E-state index < -0.39 is 5.60 Å². The first-order valence-corrected chi connectivity index (χ1v) is 9.82. The normalized spacial score (nSPS) is 16.6. The summed E-state index contributed by atoms with van der Waals surface area (Å²) < 4.78 is 7.16. The molecule has 4 heterocycles. The van der Waals surface area contributed by atoms with Crippen LogP contribution in [0, 0.1) is 6.92 Å². The van der Waals surface area contributed by atoms with Gasteiger partial charge in [-0.15, -0.1) is 0 Å². The van der Waals surface area contributed by atoms with Gasteiger partial charge in [0.15, 0.2) is 5.15 Å². The van der Waals surface area contributed by atoms with Gasteiger partial charge in [-0.05, 0) is 31.9 Å². The van der Waals surface area contributed by atoms with E-state index in [1.54, 1.807) is 12.3 Å². The van der Waals surface area contributed by atoms with E-state index in [9.17, 15) is 9.90 Å². The molecular weight excluding hydrogens is 380 g/mol. The lowest BCUT2D eigenvalue weighted by atomic mass is 9.91. The number of nitrogens with zero attached hydrogens (tertiary/aromatic N) is 4. The Hall–Kier alpha value is -2.38. The van der Waals surface area contributed by atoms with Crippen molar-refractivity contribution in [2.75, 3.05) is 13.1 Å². The molecule has 0 aliphatic carbocycles. The second kappa shape index (κ2) is 7.56. The predicted molar refractivity (Wildman–Crippen MR) is 105 cm³/mol. The lowest BCUT2D eigenvalue weighted by Crippen LogP contribution is -2.48. The van der Waals surface area contributed by atoms with Crippen LogP contribution in [-0.2, 0) is 17.8 Å². The molecule has 0 bridgehead atoms. The Labute approximate surface area is 167 Å². The molecule has 1 saturated heterocycles. The van der Waals surface area contributed by atoms with E-state index in [4.69, 9.17) is 16.1 Å². The summed E-state index contributed by atoms with van der Waals surface area (Å²) in [4.78, 5) is 18.5. The van der Waals surface area contributed by atoms with Crippen LogP contribution in [0.25, 0.3) is 10.9 Å². The number of carbonyl (C=O) groups excluding carboxylic acids is 1. The van der Waals surface area contributed by atoms with Gasteiger partial charge in [-0.1, -0.05) is 16.8 Å². The molecule has 0 saturated carbocycles. The molecule has 0 spiro atoms. The highest BCUT2D eigenvalue weighted by molar-refractivity contribution is 6.29. The van der Waals surface area contributed by atoms with Crippen molar-refractivity contribution in [3.8, 4) is 0 Å². The summed E-state index contributed by atoms with van der Waals surface area (Å²) in [5, 5.41) is 16.2. The molecule has 0 aromatic carbocycles. The van der Waals surface area contributed by atoms with E-state index >= 15 is 0 Å². The number of piperidine rings is 1. The van der Waals surface area contributed by atoms with E-state index in [1.165, 1.54) is 0 Å². The molecule has 7 nitrogen and oxygen atoms in total. The van der Waals surface area contributed by atoms with Gasteiger partial charge in [0.1, 0.15) is 5.76 Å². The zero-order valence-electron chi connectivity index (χ0n) is 15.8. The fourth-order valence-electron chi connectivity index (χ4n) is 3.87. The second-order valence-corrected chi connectivity index (χ2v) is 7.91. The number of rotatable bonds is 5. The Morgan fingerprint density at radius 2 is 2.14 bits per heavy atom. The van der Waals surface area contributed by atoms with Crippen LogP contribution in [0.4, 0.5) is 0 Å². The van der Waals surface area contributed by atoms with Crippen molar-refractivity contribution in [2.45, 2.75) is 44.8 Å². The molecule has 8 heteroatoms. The van der Waals surface area contributed by atoms with Crippen LogP contribution < -0.4 is 0 Å². The van der Waals surface area contributed by atoms with Crippen molar-refractivity contribution in [2.24, 2.45) is 0 Å². The summed E-state index contributed by atoms with van der Waals surface area (Å²) in [6.07, 6.45) is 5.52. The van der Waals surface area contributed by atoms with Crippen molar-refractivity contribution in [1.29, 1.82) is 0 Å². The molecule has 148 valence electrons. The SMILES string of the molecule is Cc1cc2ccncc2n1CC1(O)CCN(C(=O)CCc2cc(Cl)no2)CC1. The zero-order valence-corrected chi connectivity index (χ0v) is 16.5. The molecule has 1 aliphatic rings. The van der Waals surface area contributed by atoms with Gasteiger partial charge >= 0.3 is 0 Å². The van der Waals surface area contributed by atoms with Gasteiger partial charge < -0.3 is 19.1 Å². The van der Waals surface area contributed by atoms with Crippen LogP contribution in [0.2, 0.25) is 5.15 Å².